The van der Waals surface area contributed by atoms with Crippen LogP contribution in [-0.4, -0.2) is 73.5 Å². The van der Waals surface area contributed by atoms with Crippen molar-refractivity contribution in [2.24, 2.45) is 0 Å². The summed E-state index contributed by atoms with van der Waals surface area (Å²) >= 11 is 0. The zero-order valence-corrected chi connectivity index (χ0v) is 10.7. The summed E-state index contributed by atoms with van der Waals surface area (Å²) in [5.74, 6) is -5.02. The predicted molar refractivity (Wildman–Crippen MR) is 50.1 cm³/mol. The Labute approximate surface area is 113 Å². The summed E-state index contributed by atoms with van der Waals surface area (Å²) in [5.41, 5.74) is -2.74. The van der Waals surface area contributed by atoms with Crippen LogP contribution < -0.4 is 0 Å². The molecule has 0 aliphatic heterocycles. The minimum Gasteiger partial charge on any atom is -0.481 e. The standard InChI is InChI=1S/C6H8O7.ClH.Na/c7-3(8)1-6(13,5(11)12)2-4(9)10;;/h13H,1-2H2,(H,7,8)(H,9,10)(H,11,12);1H;. The minimum absolute atomic E-state index is 0. The van der Waals surface area contributed by atoms with Gasteiger partial charge in [-0.2, -0.15) is 0 Å². The topological polar surface area (TPSA) is 132 Å². The molecule has 0 aliphatic carbocycles. The van der Waals surface area contributed by atoms with Crippen molar-refractivity contribution < 1.29 is 34.8 Å². The van der Waals surface area contributed by atoms with Crippen LogP contribution in [0, 0.1) is 0 Å². The van der Waals surface area contributed by atoms with Crippen LogP contribution in [-0.2, 0) is 14.4 Å². The Balaban J connectivity index is -0.000000720. The van der Waals surface area contributed by atoms with Crippen molar-refractivity contribution in [1.82, 2.24) is 0 Å². The van der Waals surface area contributed by atoms with E-state index in [1.165, 1.54) is 0 Å². The van der Waals surface area contributed by atoms with Crippen LogP contribution in [0.1, 0.15) is 12.8 Å². The second kappa shape index (κ2) is 7.89. The van der Waals surface area contributed by atoms with Crippen molar-refractivity contribution in [2.45, 2.75) is 18.4 Å². The van der Waals surface area contributed by atoms with Crippen molar-refractivity contribution in [3.05, 3.63) is 0 Å². The maximum Gasteiger partial charge on any atom is 0.336 e. The molecule has 0 atom stereocenters. The maximum absolute atomic E-state index is 10.3. The molecule has 0 spiro atoms. The largest absolute Gasteiger partial charge is 0.481 e. The predicted octanol–water partition coefficient (Wildman–Crippen LogP) is -1.21. The van der Waals surface area contributed by atoms with E-state index in [9.17, 15) is 14.4 Å². The fraction of sp³-hybridized carbons (Fsp3) is 0.500. The first-order chi connectivity index (χ1) is 5.78. The monoisotopic (exact) mass is 251 g/mol. The molecule has 0 heterocycles. The van der Waals surface area contributed by atoms with Gasteiger partial charge in [-0.05, 0) is 0 Å². The van der Waals surface area contributed by atoms with E-state index < -0.39 is 36.4 Å². The minimum atomic E-state index is -2.74. The number of hydrogen-bond donors (Lipinski definition) is 4. The van der Waals surface area contributed by atoms with Gasteiger partial charge < -0.3 is 20.4 Å². The van der Waals surface area contributed by atoms with Crippen LogP contribution in [0.2, 0.25) is 0 Å². The van der Waals surface area contributed by atoms with Crippen LogP contribution in [0.5, 0.6) is 0 Å². The van der Waals surface area contributed by atoms with Gasteiger partial charge in [0, 0.05) is 29.6 Å². The number of hydrogen-bond acceptors (Lipinski definition) is 4. The van der Waals surface area contributed by atoms with Gasteiger partial charge in [0.1, 0.15) is 0 Å². The molecule has 0 unspecified atom stereocenters. The summed E-state index contributed by atoms with van der Waals surface area (Å²) < 4.78 is 0. The van der Waals surface area contributed by atoms with Crippen molar-refractivity contribution in [3.63, 3.8) is 0 Å². The molecular weight excluding hydrogens is 243 g/mol. The van der Waals surface area contributed by atoms with Gasteiger partial charge in [-0.15, -0.1) is 12.4 Å². The summed E-state index contributed by atoms with van der Waals surface area (Å²) in [5, 5.41) is 33.8. The Bertz CT molecular complexity index is 238. The van der Waals surface area contributed by atoms with E-state index >= 15 is 0 Å². The number of aliphatic hydroxyl groups is 1. The summed E-state index contributed by atoms with van der Waals surface area (Å²) in [4.78, 5) is 30.5. The molecule has 9 heteroatoms. The van der Waals surface area contributed by atoms with Gasteiger partial charge in [-0.1, -0.05) is 0 Å². The molecule has 0 rings (SSSR count). The fourth-order valence-corrected chi connectivity index (χ4v) is 0.714. The zero-order valence-electron chi connectivity index (χ0n) is 7.84. The van der Waals surface area contributed by atoms with Gasteiger partial charge in [-0.25, -0.2) is 4.79 Å². The number of carbonyl (C=O) groups is 3. The van der Waals surface area contributed by atoms with Crippen LogP contribution in [0.4, 0.5) is 0 Å². The molecule has 0 fully saturated rings. The number of carboxylic acid groups (broad SMARTS) is 3. The number of halogens is 1. The van der Waals surface area contributed by atoms with Gasteiger partial charge in [0.2, 0.25) is 0 Å². The normalized spacial score (nSPS) is 9.40. The third kappa shape index (κ3) is 7.57. The molecule has 7 nitrogen and oxygen atoms in total. The molecule has 0 saturated heterocycles. The molecule has 0 bridgehead atoms. The van der Waals surface area contributed by atoms with Gasteiger partial charge in [-0.3, -0.25) is 9.59 Å². The van der Waals surface area contributed by atoms with Gasteiger partial charge >= 0.3 is 17.9 Å². The first-order valence-corrected chi connectivity index (χ1v) is 3.17. The van der Waals surface area contributed by atoms with Gasteiger partial charge in [0.05, 0.1) is 12.8 Å². The Morgan fingerprint density at radius 2 is 1.20 bits per heavy atom. The first-order valence-electron chi connectivity index (χ1n) is 3.17. The van der Waals surface area contributed by atoms with Gasteiger partial charge in [0.25, 0.3) is 0 Å². The summed E-state index contributed by atoms with van der Waals surface area (Å²) in [6, 6.07) is 0. The number of aliphatic carboxylic acids is 3. The maximum atomic E-state index is 10.3. The number of carboxylic acids is 3. The molecule has 0 aliphatic rings. The second-order valence-electron chi connectivity index (χ2n) is 2.48. The number of rotatable bonds is 5. The van der Waals surface area contributed by atoms with Crippen LogP contribution in [0.25, 0.3) is 0 Å². The molecule has 4 N–H and O–H groups in total. The first kappa shape index (κ1) is 20.1. The molecule has 0 aromatic carbocycles. The fourth-order valence-electron chi connectivity index (χ4n) is 0.714. The van der Waals surface area contributed by atoms with E-state index in [1.54, 1.807) is 0 Å². The van der Waals surface area contributed by atoms with E-state index in [-0.39, 0.29) is 42.0 Å². The van der Waals surface area contributed by atoms with Crippen molar-refractivity contribution in [3.8, 4) is 0 Å². The molecule has 0 aromatic rings. The van der Waals surface area contributed by atoms with Crippen molar-refractivity contribution in [1.29, 1.82) is 0 Å². The molecule has 1 radical (unpaired) electrons. The smallest absolute Gasteiger partial charge is 0.336 e. The van der Waals surface area contributed by atoms with E-state index in [2.05, 4.69) is 0 Å². The summed E-state index contributed by atoms with van der Waals surface area (Å²) in [6.45, 7) is 0. The summed E-state index contributed by atoms with van der Waals surface area (Å²) in [7, 11) is 0. The quantitative estimate of drug-likeness (QED) is 0.451. The second-order valence-corrected chi connectivity index (χ2v) is 2.48. The Hall–Kier alpha value is -0.340. The third-order valence-corrected chi connectivity index (χ3v) is 1.29. The van der Waals surface area contributed by atoms with Crippen molar-refractivity contribution >= 4 is 59.9 Å². The molecule has 15 heavy (non-hydrogen) atoms. The van der Waals surface area contributed by atoms with E-state index in [1.807, 2.05) is 0 Å². The zero-order chi connectivity index (χ0) is 10.6. The van der Waals surface area contributed by atoms with E-state index in [0.29, 0.717) is 0 Å². The average Bonchev–Trinajstić information content (AvgIpc) is 1.82. The molecule has 0 saturated carbocycles. The Morgan fingerprint density at radius 1 is 0.933 bits per heavy atom. The molecule has 0 aromatic heterocycles. The van der Waals surface area contributed by atoms with E-state index in [0.717, 1.165) is 0 Å². The Morgan fingerprint density at radius 3 is 1.33 bits per heavy atom. The van der Waals surface area contributed by atoms with Crippen LogP contribution in [0.15, 0.2) is 0 Å². The van der Waals surface area contributed by atoms with Crippen LogP contribution >= 0.6 is 12.4 Å². The Kier molecular flexibility index (Phi) is 10.6. The molecule has 83 valence electrons. The van der Waals surface area contributed by atoms with E-state index in [4.69, 9.17) is 20.4 Å². The molecular formula is C6H9ClNaO7. The third-order valence-electron chi connectivity index (χ3n) is 1.29. The van der Waals surface area contributed by atoms with Crippen LogP contribution in [0.3, 0.4) is 0 Å². The SMILES string of the molecule is Cl.O=C(O)CC(O)(CC(=O)O)C(=O)O.[Na]. The summed E-state index contributed by atoms with van der Waals surface area (Å²) in [6.07, 6.45) is -2.29. The van der Waals surface area contributed by atoms with Gasteiger partial charge in [0.15, 0.2) is 5.60 Å². The van der Waals surface area contributed by atoms with Crippen molar-refractivity contribution in [2.75, 3.05) is 0 Å². The molecule has 0 amide bonds. The average molecular weight is 252 g/mol.